The van der Waals surface area contributed by atoms with Gasteiger partial charge in [-0.3, -0.25) is 9.59 Å². The third-order valence-electron chi connectivity index (χ3n) is 3.26. The third-order valence-corrected chi connectivity index (χ3v) is 3.26. The molecule has 102 valence electrons. The Balaban J connectivity index is 2.24. The molecule has 1 aromatic rings. The van der Waals surface area contributed by atoms with Gasteiger partial charge in [-0.1, -0.05) is 6.07 Å². The van der Waals surface area contributed by atoms with Gasteiger partial charge in [0.2, 0.25) is 0 Å². The molecule has 1 heterocycles. The molecule has 2 N–H and O–H groups in total. The van der Waals surface area contributed by atoms with Gasteiger partial charge in [0, 0.05) is 23.8 Å². The molecule has 0 spiro atoms. The Labute approximate surface area is 112 Å². The molecule has 0 fully saturated rings. The van der Waals surface area contributed by atoms with Crippen LogP contribution in [0.25, 0.3) is 0 Å². The number of carbonyl (C=O) groups is 2. The summed E-state index contributed by atoms with van der Waals surface area (Å²) < 4.78 is 0. The normalized spacial score (nSPS) is 13.0. The summed E-state index contributed by atoms with van der Waals surface area (Å²) in [6.07, 6.45) is 0.965. The minimum atomic E-state index is -0.999. The molecule has 0 aromatic heterocycles. The topological polar surface area (TPSA) is 69.6 Å². The Morgan fingerprint density at radius 3 is 2.79 bits per heavy atom. The highest BCUT2D eigenvalue weighted by Crippen LogP contribution is 2.24. The van der Waals surface area contributed by atoms with Crippen molar-refractivity contribution in [2.24, 2.45) is 0 Å². The Hall–Kier alpha value is -2.04. The molecule has 1 aliphatic heterocycles. The maximum absolute atomic E-state index is 12.4. The molecule has 19 heavy (non-hydrogen) atoms. The zero-order valence-electron chi connectivity index (χ0n) is 11.1. The summed E-state index contributed by atoms with van der Waals surface area (Å²) in [5.74, 6) is -1.24. The lowest BCUT2D eigenvalue weighted by Crippen LogP contribution is -2.40. The molecular weight excluding hydrogens is 244 g/mol. The monoisotopic (exact) mass is 262 g/mol. The van der Waals surface area contributed by atoms with Crippen LogP contribution in [0.1, 0.15) is 29.8 Å². The van der Waals surface area contributed by atoms with Crippen LogP contribution in [0.15, 0.2) is 18.2 Å². The number of anilines is 1. The minimum absolute atomic E-state index is 0.148. The molecule has 5 nitrogen and oxygen atoms in total. The van der Waals surface area contributed by atoms with Gasteiger partial charge >= 0.3 is 5.97 Å². The van der Waals surface area contributed by atoms with Crippen molar-refractivity contribution in [3.8, 4) is 0 Å². The molecule has 2 rings (SSSR count). The smallest absolute Gasteiger partial charge is 0.323 e. The molecule has 0 aliphatic carbocycles. The summed E-state index contributed by atoms with van der Waals surface area (Å²) in [7, 11) is 0. The van der Waals surface area contributed by atoms with Crippen molar-refractivity contribution in [1.82, 2.24) is 4.90 Å². The van der Waals surface area contributed by atoms with Gasteiger partial charge in [-0.05, 0) is 38.0 Å². The average molecular weight is 262 g/mol. The van der Waals surface area contributed by atoms with Gasteiger partial charge in [-0.15, -0.1) is 0 Å². The van der Waals surface area contributed by atoms with Crippen molar-refractivity contribution in [3.63, 3.8) is 0 Å². The molecule has 1 aliphatic rings. The number of benzene rings is 1. The quantitative estimate of drug-likeness (QED) is 0.864. The summed E-state index contributed by atoms with van der Waals surface area (Å²) in [6, 6.07) is 5.36. The van der Waals surface area contributed by atoms with E-state index in [0.29, 0.717) is 5.56 Å². The zero-order chi connectivity index (χ0) is 14.0. The highest BCUT2D eigenvalue weighted by Gasteiger charge is 2.22. The highest BCUT2D eigenvalue weighted by molar-refractivity contribution is 5.97. The van der Waals surface area contributed by atoms with Gasteiger partial charge in [-0.25, -0.2) is 0 Å². The van der Waals surface area contributed by atoms with Crippen LogP contribution in [0.5, 0.6) is 0 Å². The van der Waals surface area contributed by atoms with Crippen molar-refractivity contribution in [2.45, 2.75) is 26.3 Å². The van der Waals surface area contributed by atoms with Gasteiger partial charge in [0.15, 0.2) is 0 Å². The maximum Gasteiger partial charge on any atom is 0.323 e. The first-order valence-corrected chi connectivity index (χ1v) is 6.38. The van der Waals surface area contributed by atoms with E-state index in [2.05, 4.69) is 5.32 Å². The van der Waals surface area contributed by atoms with Crippen LogP contribution >= 0.6 is 0 Å². The first-order valence-electron chi connectivity index (χ1n) is 6.38. The third kappa shape index (κ3) is 2.86. The summed E-state index contributed by atoms with van der Waals surface area (Å²) in [4.78, 5) is 24.5. The van der Waals surface area contributed by atoms with Gasteiger partial charge in [0.25, 0.3) is 5.91 Å². The molecule has 5 heteroatoms. The number of carboxylic acids is 1. The zero-order valence-corrected chi connectivity index (χ0v) is 11.1. The van der Waals surface area contributed by atoms with E-state index in [1.165, 1.54) is 10.5 Å². The van der Waals surface area contributed by atoms with Gasteiger partial charge in [-0.2, -0.15) is 0 Å². The van der Waals surface area contributed by atoms with Crippen molar-refractivity contribution in [3.05, 3.63) is 29.3 Å². The number of amides is 1. The number of aliphatic carboxylic acids is 1. The number of nitrogens with zero attached hydrogens (tertiary/aromatic N) is 1. The summed E-state index contributed by atoms with van der Waals surface area (Å²) in [6.45, 7) is 4.23. The van der Waals surface area contributed by atoms with Crippen LogP contribution < -0.4 is 5.32 Å². The lowest BCUT2D eigenvalue weighted by Gasteiger charge is -2.25. The fourth-order valence-corrected chi connectivity index (χ4v) is 2.22. The van der Waals surface area contributed by atoms with Crippen molar-refractivity contribution >= 4 is 17.6 Å². The predicted octanol–water partition coefficient (Wildman–Crippen LogP) is 1.59. The van der Waals surface area contributed by atoms with E-state index < -0.39 is 5.97 Å². The average Bonchev–Trinajstić information content (AvgIpc) is 2.81. The second-order valence-corrected chi connectivity index (χ2v) is 4.97. The van der Waals surface area contributed by atoms with Gasteiger partial charge < -0.3 is 15.3 Å². The molecule has 0 unspecified atom stereocenters. The number of hydrogen-bond donors (Lipinski definition) is 2. The SMILES string of the molecule is CC(C)N(CC(=O)O)C(=O)c1ccc2c(c1)NCC2. The highest BCUT2D eigenvalue weighted by atomic mass is 16.4. The number of carboxylic acid groups (broad SMARTS) is 1. The van der Waals surface area contributed by atoms with Gasteiger partial charge in [0.05, 0.1) is 0 Å². The van der Waals surface area contributed by atoms with Crippen molar-refractivity contribution in [2.75, 3.05) is 18.4 Å². The molecule has 0 bridgehead atoms. The van der Waals surface area contributed by atoms with Crippen molar-refractivity contribution < 1.29 is 14.7 Å². The molecule has 0 atom stereocenters. The van der Waals surface area contributed by atoms with Crippen LogP contribution in [-0.4, -0.2) is 41.0 Å². The number of hydrogen-bond acceptors (Lipinski definition) is 3. The van der Waals surface area contributed by atoms with E-state index in [4.69, 9.17) is 5.11 Å². The number of rotatable bonds is 4. The van der Waals surface area contributed by atoms with Crippen LogP contribution in [0.4, 0.5) is 5.69 Å². The summed E-state index contributed by atoms with van der Waals surface area (Å²) >= 11 is 0. The number of fused-ring (bicyclic) bond motifs is 1. The largest absolute Gasteiger partial charge is 0.480 e. The fourth-order valence-electron chi connectivity index (χ4n) is 2.22. The van der Waals surface area contributed by atoms with E-state index in [-0.39, 0.29) is 18.5 Å². The Morgan fingerprint density at radius 1 is 1.42 bits per heavy atom. The molecule has 0 saturated heterocycles. The van der Waals surface area contributed by atoms with Gasteiger partial charge in [0.1, 0.15) is 6.54 Å². The lowest BCUT2D eigenvalue weighted by molar-refractivity contribution is -0.138. The first kappa shape index (κ1) is 13.4. The van der Waals surface area contributed by atoms with E-state index in [1.54, 1.807) is 6.07 Å². The fraction of sp³-hybridized carbons (Fsp3) is 0.429. The lowest BCUT2D eigenvalue weighted by atomic mass is 10.1. The molecule has 1 amide bonds. The predicted molar refractivity (Wildman–Crippen MR) is 72.4 cm³/mol. The van der Waals surface area contributed by atoms with E-state index >= 15 is 0 Å². The minimum Gasteiger partial charge on any atom is -0.480 e. The Bertz CT molecular complexity index is 511. The maximum atomic E-state index is 12.4. The van der Waals surface area contributed by atoms with Crippen LogP contribution in [-0.2, 0) is 11.2 Å². The second kappa shape index (κ2) is 5.30. The van der Waals surface area contributed by atoms with Crippen molar-refractivity contribution in [1.29, 1.82) is 0 Å². The second-order valence-electron chi connectivity index (χ2n) is 4.97. The van der Waals surface area contributed by atoms with Crippen LogP contribution in [0.3, 0.4) is 0 Å². The number of carbonyl (C=O) groups excluding carboxylic acids is 1. The molecule has 0 saturated carbocycles. The molecule has 1 aromatic carbocycles. The first-order chi connectivity index (χ1) is 8.99. The standard InChI is InChI=1S/C14H18N2O3/c1-9(2)16(8-13(17)18)14(19)11-4-3-10-5-6-15-12(10)7-11/h3-4,7,9,15H,5-6,8H2,1-2H3,(H,17,18). The van der Waals surface area contributed by atoms with E-state index in [1.807, 2.05) is 26.0 Å². The van der Waals surface area contributed by atoms with Crippen LogP contribution in [0.2, 0.25) is 0 Å². The number of nitrogens with one attached hydrogen (secondary N) is 1. The molecule has 0 radical (unpaired) electrons. The summed E-state index contributed by atoms with van der Waals surface area (Å²) in [5.41, 5.74) is 2.71. The van der Waals surface area contributed by atoms with E-state index in [0.717, 1.165) is 18.7 Å². The Morgan fingerprint density at radius 2 is 2.16 bits per heavy atom. The van der Waals surface area contributed by atoms with Crippen LogP contribution in [0, 0.1) is 0 Å². The van der Waals surface area contributed by atoms with E-state index in [9.17, 15) is 9.59 Å². The Kier molecular flexibility index (Phi) is 3.74. The summed E-state index contributed by atoms with van der Waals surface area (Å²) in [5, 5.41) is 12.1. The molecular formula is C14H18N2O3.